The predicted molar refractivity (Wildman–Crippen MR) is 88.4 cm³/mol. The molecule has 15 heteroatoms. The summed E-state index contributed by atoms with van der Waals surface area (Å²) in [4.78, 5) is 23.9. The smallest absolute Gasteiger partial charge is 0.418 e. The van der Waals surface area contributed by atoms with Crippen LogP contribution in [0.3, 0.4) is 0 Å². The number of allylic oxidation sites excluding steroid dienone is 1. The van der Waals surface area contributed by atoms with Crippen molar-refractivity contribution in [3.8, 4) is 0 Å². The van der Waals surface area contributed by atoms with E-state index >= 15 is 0 Å². The standard InChI is InChI=1S/C12H8Cl2F3N5O5/c1-27-10-7(13)9(14)19-11(18)20(10)8-5(12(15,16)17)2-4(21(23)24)3-6(8)22(25)26/h2-3,11H,18H2,1H3. The highest BCUT2D eigenvalue weighted by molar-refractivity contribution is 6.76. The van der Waals surface area contributed by atoms with Gasteiger partial charge in [0, 0.05) is 6.07 Å². The summed E-state index contributed by atoms with van der Waals surface area (Å²) in [5, 5.41) is 21.4. The van der Waals surface area contributed by atoms with Crippen molar-refractivity contribution in [3.63, 3.8) is 0 Å². The monoisotopic (exact) mass is 429 g/mol. The number of benzene rings is 1. The van der Waals surface area contributed by atoms with Crippen LogP contribution in [0.5, 0.6) is 0 Å². The van der Waals surface area contributed by atoms with Gasteiger partial charge in [0.15, 0.2) is 11.5 Å². The van der Waals surface area contributed by atoms with Crippen molar-refractivity contribution >= 4 is 45.4 Å². The highest BCUT2D eigenvalue weighted by Crippen LogP contribution is 2.47. The molecular weight excluding hydrogens is 422 g/mol. The van der Waals surface area contributed by atoms with Crippen LogP contribution in [0.15, 0.2) is 28.0 Å². The number of rotatable bonds is 4. The van der Waals surface area contributed by atoms with Crippen molar-refractivity contribution < 1.29 is 27.8 Å². The number of nitro groups is 2. The molecule has 1 heterocycles. The third-order valence-electron chi connectivity index (χ3n) is 3.32. The molecule has 1 aliphatic heterocycles. The molecule has 1 atom stereocenters. The molecule has 146 valence electrons. The molecule has 0 spiro atoms. The zero-order chi connectivity index (χ0) is 20.7. The van der Waals surface area contributed by atoms with Crippen LogP contribution in [0.1, 0.15) is 5.56 Å². The van der Waals surface area contributed by atoms with Gasteiger partial charge in [-0.1, -0.05) is 23.2 Å². The van der Waals surface area contributed by atoms with Gasteiger partial charge in [0.1, 0.15) is 10.7 Å². The second-order valence-corrected chi connectivity index (χ2v) is 5.64. The molecule has 0 aromatic heterocycles. The lowest BCUT2D eigenvalue weighted by Crippen LogP contribution is -2.45. The first kappa shape index (κ1) is 20.7. The molecule has 1 aliphatic rings. The van der Waals surface area contributed by atoms with Gasteiger partial charge in [0.2, 0.25) is 5.88 Å². The second-order valence-electron chi connectivity index (χ2n) is 4.90. The molecule has 0 aliphatic carbocycles. The largest absolute Gasteiger partial charge is 0.481 e. The zero-order valence-corrected chi connectivity index (χ0v) is 14.5. The Labute approximate surface area is 157 Å². The van der Waals surface area contributed by atoms with Crippen LogP contribution in [0.2, 0.25) is 0 Å². The van der Waals surface area contributed by atoms with Gasteiger partial charge in [-0.2, -0.15) is 13.2 Å². The van der Waals surface area contributed by atoms with Crippen LogP contribution in [0.25, 0.3) is 0 Å². The van der Waals surface area contributed by atoms with Crippen molar-refractivity contribution in [1.29, 1.82) is 0 Å². The molecule has 2 N–H and O–H groups in total. The fourth-order valence-corrected chi connectivity index (χ4v) is 2.68. The lowest BCUT2D eigenvalue weighted by molar-refractivity contribution is -0.394. The maximum Gasteiger partial charge on any atom is 0.418 e. The van der Waals surface area contributed by atoms with Gasteiger partial charge in [0.25, 0.3) is 5.69 Å². The summed E-state index contributed by atoms with van der Waals surface area (Å²) >= 11 is 11.6. The highest BCUT2D eigenvalue weighted by Gasteiger charge is 2.45. The van der Waals surface area contributed by atoms with Gasteiger partial charge < -0.3 is 4.74 Å². The average Bonchev–Trinajstić information content (AvgIpc) is 2.55. The summed E-state index contributed by atoms with van der Waals surface area (Å²) < 4.78 is 45.6. The molecule has 0 amide bonds. The Morgan fingerprint density at radius 1 is 1.26 bits per heavy atom. The molecule has 0 radical (unpaired) electrons. The number of non-ortho nitro benzene ring substituents is 1. The quantitative estimate of drug-likeness (QED) is 0.572. The van der Waals surface area contributed by atoms with E-state index in [-0.39, 0.29) is 6.07 Å². The number of nitrogens with two attached hydrogens (primary N) is 1. The fraction of sp³-hybridized carbons (Fsp3) is 0.250. The van der Waals surface area contributed by atoms with E-state index in [0.29, 0.717) is 11.0 Å². The normalized spacial score (nSPS) is 17.7. The third-order valence-corrected chi connectivity index (χ3v) is 4.04. The Morgan fingerprint density at radius 2 is 1.85 bits per heavy atom. The summed E-state index contributed by atoms with van der Waals surface area (Å²) in [5.41, 5.74) is 0.442. The summed E-state index contributed by atoms with van der Waals surface area (Å²) in [6.07, 6.45) is -6.90. The maximum atomic E-state index is 13.6. The Bertz CT molecular complexity index is 889. The van der Waals surface area contributed by atoms with Gasteiger partial charge in [-0.3, -0.25) is 30.9 Å². The van der Waals surface area contributed by atoms with E-state index < -0.39 is 61.0 Å². The molecule has 10 nitrogen and oxygen atoms in total. The fourth-order valence-electron chi connectivity index (χ4n) is 2.28. The minimum absolute atomic E-state index is 0.135. The van der Waals surface area contributed by atoms with Crippen LogP contribution in [-0.4, -0.2) is 28.4 Å². The molecule has 0 saturated carbocycles. The number of halogens is 5. The van der Waals surface area contributed by atoms with E-state index in [1.54, 1.807) is 0 Å². The van der Waals surface area contributed by atoms with E-state index in [1.165, 1.54) is 0 Å². The van der Waals surface area contributed by atoms with Gasteiger partial charge >= 0.3 is 11.9 Å². The predicted octanol–water partition coefficient (Wildman–Crippen LogP) is 3.28. The average molecular weight is 430 g/mol. The van der Waals surface area contributed by atoms with E-state index in [4.69, 9.17) is 33.7 Å². The number of nitro benzene ring substituents is 2. The van der Waals surface area contributed by atoms with Gasteiger partial charge in [-0.05, 0) is 0 Å². The first-order valence-corrected chi connectivity index (χ1v) is 7.42. The summed E-state index contributed by atoms with van der Waals surface area (Å²) in [6.45, 7) is 0. The highest BCUT2D eigenvalue weighted by atomic mass is 35.5. The van der Waals surface area contributed by atoms with Gasteiger partial charge in [0.05, 0.1) is 28.6 Å². The molecule has 1 aromatic rings. The van der Waals surface area contributed by atoms with Crippen molar-refractivity contribution in [2.24, 2.45) is 10.7 Å². The Hall–Kier alpha value is -2.64. The topological polar surface area (TPSA) is 137 Å². The van der Waals surface area contributed by atoms with Crippen molar-refractivity contribution in [2.45, 2.75) is 12.5 Å². The van der Waals surface area contributed by atoms with E-state index in [0.717, 1.165) is 7.11 Å². The molecular formula is C12H8Cl2F3N5O5. The zero-order valence-electron chi connectivity index (χ0n) is 13.0. The molecule has 27 heavy (non-hydrogen) atoms. The van der Waals surface area contributed by atoms with E-state index in [9.17, 15) is 33.4 Å². The summed E-state index contributed by atoms with van der Waals surface area (Å²) in [5.74, 6) is -0.549. The Kier molecular flexibility index (Phi) is 5.49. The van der Waals surface area contributed by atoms with Crippen LogP contribution < -0.4 is 10.6 Å². The van der Waals surface area contributed by atoms with Crippen molar-refractivity contribution in [1.82, 2.24) is 0 Å². The number of ether oxygens (including phenoxy) is 1. The lowest BCUT2D eigenvalue weighted by Gasteiger charge is -2.33. The lowest BCUT2D eigenvalue weighted by atomic mass is 10.1. The number of hydrogen-bond donors (Lipinski definition) is 1. The summed E-state index contributed by atoms with van der Waals surface area (Å²) in [6, 6.07) is 0.495. The van der Waals surface area contributed by atoms with Crippen LogP contribution in [0.4, 0.5) is 30.2 Å². The van der Waals surface area contributed by atoms with Crippen molar-refractivity contribution in [3.05, 3.63) is 48.8 Å². The minimum Gasteiger partial charge on any atom is -0.481 e. The van der Waals surface area contributed by atoms with Crippen LogP contribution in [-0.2, 0) is 10.9 Å². The first-order valence-electron chi connectivity index (χ1n) is 6.66. The Balaban J connectivity index is 2.94. The molecule has 0 fully saturated rings. The number of anilines is 1. The molecule has 1 unspecified atom stereocenters. The van der Waals surface area contributed by atoms with Crippen LogP contribution >= 0.6 is 23.2 Å². The SMILES string of the molecule is COC1=C(Cl)C(Cl)=NC(N)N1c1c([N+](=O)[O-])cc([N+](=O)[O-])cc1C(F)(F)F. The van der Waals surface area contributed by atoms with Gasteiger partial charge in [-0.15, -0.1) is 0 Å². The minimum atomic E-state index is -5.22. The Morgan fingerprint density at radius 3 is 2.30 bits per heavy atom. The van der Waals surface area contributed by atoms with Crippen LogP contribution in [0, 0.1) is 20.2 Å². The number of alkyl halides is 3. The van der Waals surface area contributed by atoms with E-state index in [1.807, 2.05) is 0 Å². The number of aliphatic imine (C=N–C) groups is 1. The molecule has 0 bridgehead atoms. The maximum absolute atomic E-state index is 13.6. The summed E-state index contributed by atoms with van der Waals surface area (Å²) in [7, 11) is 1.01. The second kappa shape index (κ2) is 7.17. The number of methoxy groups -OCH3 is 1. The number of nitrogens with zero attached hydrogens (tertiary/aromatic N) is 4. The molecule has 0 saturated heterocycles. The number of hydrogen-bond acceptors (Lipinski definition) is 8. The first-order chi connectivity index (χ1) is 12.4. The van der Waals surface area contributed by atoms with E-state index in [2.05, 4.69) is 4.99 Å². The third kappa shape index (κ3) is 3.74. The molecule has 1 aromatic carbocycles. The van der Waals surface area contributed by atoms with Gasteiger partial charge in [-0.25, -0.2) is 4.99 Å². The van der Waals surface area contributed by atoms with Crippen molar-refractivity contribution in [2.75, 3.05) is 12.0 Å². The molecule has 2 rings (SSSR count).